The molecule has 0 fully saturated rings. The van der Waals surface area contributed by atoms with Crippen LogP contribution in [0.2, 0.25) is 0 Å². The van der Waals surface area contributed by atoms with Crippen LogP contribution in [0.1, 0.15) is 10.9 Å². The second-order valence-corrected chi connectivity index (χ2v) is 5.16. The van der Waals surface area contributed by atoms with E-state index in [9.17, 15) is 13.2 Å². The van der Waals surface area contributed by atoms with Gasteiger partial charge in [0.1, 0.15) is 0 Å². The highest BCUT2D eigenvalue weighted by Gasteiger charge is 2.38. The minimum Gasteiger partial charge on any atom is -0.329 e. The van der Waals surface area contributed by atoms with Crippen molar-refractivity contribution in [3.8, 4) is 22.8 Å². The highest BCUT2D eigenvalue weighted by molar-refractivity contribution is 7.09. The van der Waals surface area contributed by atoms with Crippen LogP contribution < -0.4 is 0 Å². The number of hydrogen-bond acceptors (Lipinski definition) is 6. The Balaban J connectivity index is 1.98. The summed E-state index contributed by atoms with van der Waals surface area (Å²) < 4.78 is 41.6. The van der Waals surface area contributed by atoms with E-state index >= 15 is 0 Å². The van der Waals surface area contributed by atoms with E-state index in [1.54, 1.807) is 6.07 Å². The molecule has 21 heavy (non-hydrogen) atoms. The number of hydrogen-bond donors (Lipinski definition) is 0. The molecule has 108 valence electrons. The molecule has 0 bridgehead atoms. The first-order valence-corrected chi connectivity index (χ1v) is 6.61. The van der Waals surface area contributed by atoms with Gasteiger partial charge in [-0.2, -0.15) is 18.2 Å². The monoisotopic (exact) mass is 312 g/mol. The van der Waals surface area contributed by atoms with Crippen LogP contribution in [0.3, 0.4) is 0 Å². The van der Waals surface area contributed by atoms with Crippen molar-refractivity contribution in [3.05, 3.63) is 34.6 Å². The van der Waals surface area contributed by atoms with Gasteiger partial charge in [0.2, 0.25) is 5.82 Å². The molecule has 0 aliphatic rings. The first-order valence-electron chi connectivity index (χ1n) is 5.73. The Hall–Kier alpha value is -2.29. The standard InChI is InChI=1S/C12H7F3N4OS/c1-6-17-9(5-21-6)8-4-7(2-3-16-8)10-18-11(20-19-10)12(13,14)15/h2-5H,1H3. The predicted octanol–water partition coefficient (Wildman–Crippen LogP) is 3.58. The third-order valence-corrected chi connectivity index (χ3v) is 3.34. The molecule has 0 aliphatic carbocycles. The lowest BCUT2D eigenvalue weighted by molar-refractivity contribution is -0.159. The van der Waals surface area contributed by atoms with Crippen molar-refractivity contribution < 1.29 is 17.7 Å². The van der Waals surface area contributed by atoms with Crippen LogP contribution in [0, 0.1) is 6.92 Å². The summed E-state index contributed by atoms with van der Waals surface area (Å²) >= 11 is 1.46. The Morgan fingerprint density at radius 2 is 2.00 bits per heavy atom. The fraction of sp³-hybridized carbons (Fsp3) is 0.167. The van der Waals surface area contributed by atoms with Gasteiger partial charge >= 0.3 is 12.1 Å². The molecule has 3 rings (SSSR count). The first-order chi connectivity index (χ1) is 9.93. The van der Waals surface area contributed by atoms with Crippen LogP contribution in [0.5, 0.6) is 0 Å². The van der Waals surface area contributed by atoms with Crippen LogP contribution in [0.4, 0.5) is 13.2 Å². The molecule has 9 heteroatoms. The van der Waals surface area contributed by atoms with Gasteiger partial charge in [0.15, 0.2) is 0 Å². The number of aryl methyl sites for hydroxylation is 1. The van der Waals surface area contributed by atoms with Crippen LogP contribution >= 0.6 is 11.3 Å². The Morgan fingerprint density at radius 3 is 2.62 bits per heavy atom. The summed E-state index contributed by atoms with van der Waals surface area (Å²) in [7, 11) is 0. The maximum absolute atomic E-state index is 12.4. The average molecular weight is 312 g/mol. The number of pyridine rings is 1. The smallest absolute Gasteiger partial charge is 0.329 e. The van der Waals surface area contributed by atoms with E-state index in [0.717, 1.165) is 5.01 Å². The third kappa shape index (κ3) is 2.77. The number of halogens is 3. The molecule has 3 aromatic rings. The summed E-state index contributed by atoms with van der Waals surface area (Å²) in [5, 5.41) is 6.03. The molecular formula is C12H7F3N4OS. The molecular weight excluding hydrogens is 305 g/mol. The highest BCUT2D eigenvalue weighted by atomic mass is 32.1. The first kappa shape index (κ1) is 13.7. The van der Waals surface area contributed by atoms with E-state index in [-0.39, 0.29) is 5.82 Å². The summed E-state index contributed by atoms with van der Waals surface area (Å²) in [6.45, 7) is 1.85. The minimum atomic E-state index is -4.66. The second kappa shape index (κ2) is 4.92. The van der Waals surface area contributed by atoms with Crippen LogP contribution in [-0.4, -0.2) is 20.1 Å². The van der Waals surface area contributed by atoms with Crippen LogP contribution in [0.25, 0.3) is 22.8 Å². The Morgan fingerprint density at radius 1 is 1.19 bits per heavy atom. The van der Waals surface area contributed by atoms with Gasteiger partial charge in [-0.15, -0.1) is 11.3 Å². The third-order valence-electron chi connectivity index (χ3n) is 2.57. The lowest BCUT2D eigenvalue weighted by atomic mass is 10.2. The summed E-state index contributed by atoms with van der Waals surface area (Å²) in [4.78, 5) is 11.8. The fourth-order valence-electron chi connectivity index (χ4n) is 1.65. The van der Waals surface area contributed by atoms with Gasteiger partial charge in [-0.25, -0.2) is 4.98 Å². The molecule has 0 unspecified atom stereocenters. The average Bonchev–Trinajstić information content (AvgIpc) is 3.07. The Labute approximate surface area is 120 Å². The van der Waals surface area contributed by atoms with Gasteiger partial charge in [-0.05, 0) is 19.1 Å². The quantitative estimate of drug-likeness (QED) is 0.723. The zero-order valence-electron chi connectivity index (χ0n) is 10.5. The lowest BCUT2D eigenvalue weighted by Gasteiger charge is -1.98. The summed E-state index contributed by atoms with van der Waals surface area (Å²) in [5.41, 5.74) is 1.57. The SMILES string of the molecule is Cc1nc(-c2cc(-c3noc(C(F)(F)F)n3)ccn2)cs1. The number of nitrogens with zero attached hydrogens (tertiary/aromatic N) is 4. The fourth-order valence-corrected chi connectivity index (χ4v) is 2.25. The Bertz CT molecular complexity index is 781. The van der Waals surface area contributed by atoms with E-state index < -0.39 is 12.1 Å². The molecule has 0 atom stereocenters. The van der Waals surface area contributed by atoms with E-state index in [1.165, 1.54) is 23.6 Å². The molecule has 5 nitrogen and oxygen atoms in total. The minimum absolute atomic E-state index is 0.141. The van der Waals surface area contributed by atoms with Crippen molar-refractivity contribution in [1.82, 2.24) is 20.1 Å². The maximum Gasteiger partial charge on any atom is 0.471 e. The van der Waals surface area contributed by atoms with Crippen molar-refractivity contribution >= 4 is 11.3 Å². The van der Waals surface area contributed by atoms with Crippen LogP contribution in [0.15, 0.2) is 28.2 Å². The normalized spacial score (nSPS) is 11.8. The molecule has 0 aliphatic heterocycles. The predicted molar refractivity (Wildman–Crippen MR) is 68.4 cm³/mol. The summed E-state index contributed by atoms with van der Waals surface area (Å²) in [6.07, 6.45) is -3.20. The topological polar surface area (TPSA) is 64.7 Å². The van der Waals surface area contributed by atoms with Gasteiger partial charge in [-0.3, -0.25) is 4.98 Å². The van der Waals surface area contributed by atoms with Gasteiger partial charge in [0, 0.05) is 17.1 Å². The lowest BCUT2D eigenvalue weighted by Crippen LogP contribution is -2.04. The largest absolute Gasteiger partial charge is 0.471 e. The van der Waals surface area contributed by atoms with Crippen molar-refractivity contribution in [2.45, 2.75) is 13.1 Å². The number of aromatic nitrogens is 4. The molecule has 0 amide bonds. The molecule has 0 saturated heterocycles. The molecule has 0 aromatic carbocycles. The van der Waals surface area contributed by atoms with E-state index in [1.807, 2.05) is 12.3 Å². The maximum atomic E-state index is 12.4. The van der Waals surface area contributed by atoms with Crippen molar-refractivity contribution in [3.63, 3.8) is 0 Å². The van der Waals surface area contributed by atoms with Crippen LogP contribution in [-0.2, 0) is 6.18 Å². The van der Waals surface area contributed by atoms with E-state index in [4.69, 9.17) is 0 Å². The molecule has 0 saturated carbocycles. The summed E-state index contributed by atoms with van der Waals surface area (Å²) in [6, 6.07) is 3.08. The second-order valence-electron chi connectivity index (χ2n) is 4.10. The number of thiazole rings is 1. The van der Waals surface area contributed by atoms with Gasteiger partial charge in [-0.1, -0.05) is 5.16 Å². The van der Waals surface area contributed by atoms with Gasteiger partial charge in [0.05, 0.1) is 16.4 Å². The molecule has 3 aromatic heterocycles. The van der Waals surface area contributed by atoms with E-state index in [0.29, 0.717) is 17.0 Å². The Kier molecular flexibility index (Phi) is 3.20. The van der Waals surface area contributed by atoms with Crippen molar-refractivity contribution in [1.29, 1.82) is 0 Å². The van der Waals surface area contributed by atoms with Crippen molar-refractivity contribution in [2.75, 3.05) is 0 Å². The number of alkyl halides is 3. The van der Waals surface area contributed by atoms with E-state index in [2.05, 4.69) is 24.6 Å². The molecule has 0 radical (unpaired) electrons. The highest BCUT2D eigenvalue weighted by Crippen LogP contribution is 2.30. The van der Waals surface area contributed by atoms with Gasteiger partial charge in [0.25, 0.3) is 0 Å². The number of rotatable bonds is 2. The molecule has 0 spiro atoms. The summed E-state index contributed by atoms with van der Waals surface area (Å²) in [5.74, 6) is -1.52. The molecule has 0 N–H and O–H groups in total. The molecule has 3 heterocycles. The van der Waals surface area contributed by atoms with Crippen molar-refractivity contribution in [2.24, 2.45) is 0 Å². The van der Waals surface area contributed by atoms with Gasteiger partial charge < -0.3 is 4.52 Å². The zero-order chi connectivity index (χ0) is 15.0. The zero-order valence-corrected chi connectivity index (χ0v) is 11.4.